The van der Waals surface area contributed by atoms with Gasteiger partial charge in [-0.1, -0.05) is 57.2 Å². The van der Waals surface area contributed by atoms with E-state index in [9.17, 15) is 15.0 Å². The highest BCUT2D eigenvalue weighted by Gasteiger charge is 2.49. The molecular formula is C21H26O4. The van der Waals surface area contributed by atoms with E-state index in [0.29, 0.717) is 11.1 Å². The highest BCUT2D eigenvalue weighted by molar-refractivity contribution is 5.80. The van der Waals surface area contributed by atoms with Crippen molar-refractivity contribution in [2.75, 3.05) is 0 Å². The Hall–Kier alpha value is -2.33. The van der Waals surface area contributed by atoms with Crippen LogP contribution in [0.1, 0.15) is 43.0 Å². The van der Waals surface area contributed by atoms with Gasteiger partial charge in [0.25, 0.3) is 0 Å². The first-order chi connectivity index (χ1) is 11.6. The molecule has 4 nitrogen and oxygen atoms in total. The summed E-state index contributed by atoms with van der Waals surface area (Å²) in [4.78, 5) is 11.9. The number of aliphatic hydroxyl groups is 1. The highest BCUT2D eigenvalue weighted by Crippen LogP contribution is 2.41. The summed E-state index contributed by atoms with van der Waals surface area (Å²) in [6.45, 7) is 9.27. The lowest BCUT2D eigenvalue weighted by Crippen LogP contribution is -2.47. The molecule has 0 amide bonds. The minimum absolute atomic E-state index is 0.187. The van der Waals surface area contributed by atoms with Crippen LogP contribution in [0.15, 0.2) is 42.5 Å². The summed E-state index contributed by atoms with van der Waals surface area (Å²) in [7, 11) is 0. The van der Waals surface area contributed by atoms with Gasteiger partial charge in [-0.25, -0.2) is 4.79 Å². The Balaban J connectivity index is 2.41. The van der Waals surface area contributed by atoms with Gasteiger partial charge in [-0.15, -0.1) is 0 Å². The second-order valence-corrected chi connectivity index (χ2v) is 7.48. The number of aliphatic carboxylic acids is 1. The van der Waals surface area contributed by atoms with Crippen molar-refractivity contribution in [3.63, 3.8) is 0 Å². The van der Waals surface area contributed by atoms with E-state index < -0.39 is 17.0 Å². The van der Waals surface area contributed by atoms with Gasteiger partial charge in [0.15, 0.2) is 5.60 Å². The van der Waals surface area contributed by atoms with E-state index in [2.05, 4.69) is 0 Å². The first-order valence-electron chi connectivity index (χ1n) is 8.31. The van der Waals surface area contributed by atoms with Gasteiger partial charge < -0.3 is 14.9 Å². The number of carboxylic acids is 1. The van der Waals surface area contributed by atoms with E-state index in [4.69, 9.17) is 4.74 Å². The van der Waals surface area contributed by atoms with Crippen molar-refractivity contribution in [1.82, 2.24) is 0 Å². The van der Waals surface area contributed by atoms with Crippen LogP contribution in [0, 0.1) is 19.3 Å². The Morgan fingerprint density at radius 2 is 1.72 bits per heavy atom. The quantitative estimate of drug-likeness (QED) is 0.854. The van der Waals surface area contributed by atoms with Gasteiger partial charge in [-0.05, 0) is 36.6 Å². The molecule has 25 heavy (non-hydrogen) atoms. The topological polar surface area (TPSA) is 66.8 Å². The molecule has 1 unspecified atom stereocenters. The van der Waals surface area contributed by atoms with E-state index in [-0.39, 0.29) is 6.61 Å². The molecule has 134 valence electrons. The Labute approximate surface area is 149 Å². The summed E-state index contributed by atoms with van der Waals surface area (Å²) >= 11 is 0. The molecule has 0 fully saturated rings. The minimum atomic E-state index is -2.01. The number of ether oxygens (including phenoxy) is 1. The number of benzene rings is 2. The molecule has 0 spiro atoms. The Kier molecular flexibility index (Phi) is 5.23. The molecule has 0 heterocycles. The monoisotopic (exact) mass is 342 g/mol. The third-order valence-corrected chi connectivity index (χ3v) is 4.53. The molecule has 2 rings (SSSR count). The molecule has 1 atom stereocenters. The van der Waals surface area contributed by atoms with Crippen molar-refractivity contribution in [2.45, 2.75) is 46.8 Å². The molecule has 0 radical (unpaired) electrons. The molecule has 4 heteroatoms. The smallest absolute Gasteiger partial charge is 0.340 e. The third kappa shape index (κ3) is 3.69. The Morgan fingerprint density at radius 1 is 1.08 bits per heavy atom. The van der Waals surface area contributed by atoms with E-state index in [1.807, 2.05) is 38.1 Å². The lowest BCUT2D eigenvalue weighted by Gasteiger charge is -2.38. The molecule has 0 aliphatic heterocycles. The van der Waals surface area contributed by atoms with Crippen LogP contribution in [0.3, 0.4) is 0 Å². The first kappa shape index (κ1) is 19.0. The van der Waals surface area contributed by atoms with E-state index >= 15 is 0 Å². The zero-order valence-corrected chi connectivity index (χ0v) is 15.5. The zero-order valence-electron chi connectivity index (χ0n) is 15.5. The lowest BCUT2D eigenvalue weighted by molar-refractivity contribution is -0.173. The van der Waals surface area contributed by atoms with E-state index in [1.54, 1.807) is 39.0 Å². The van der Waals surface area contributed by atoms with Crippen LogP contribution < -0.4 is 4.74 Å². The molecule has 0 aliphatic rings. The van der Waals surface area contributed by atoms with Gasteiger partial charge in [0.1, 0.15) is 12.4 Å². The summed E-state index contributed by atoms with van der Waals surface area (Å²) in [5.74, 6) is -0.511. The van der Waals surface area contributed by atoms with Crippen LogP contribution in [-0.2, 0) is 17.0 Å². The average molecular weight is 342 g/mol. The van der Waals surface area contributed by atoms with Gasteiger partial charge in [0.2, 0.25) is 0 Å². The summed E-state index contributed by atoms with van der Waals surface area (Å²) in [5, 5.41) is 20.7. The minimum Gasteiger partial charge on any atom is -0.489 e. The van der Waals surface area contributed by atoms with Gasteiger partial charge in [-0.3, -0.25) is 0 Å². The molecular weight excluding hydrogens is 316 g/mol. The second-order valence-electron chi connectivity index (χ2n) is 7.48. The van der Waals surface area contributed by atoms with Crippen LogP contribution in [-0.4, -0.2) is 16.2 Å². The van der Waals surface area contributed by atoms with Crippen molar-refractivity contribution in [1.29, 1.82) is 0 Å². The molecule has 0 saturated carbocycles. The summed E-state index contributed by atoms with van der Waals surface area (Å²) < 4.78 is 5.93. The van der Waals surface area contributed by atoms with E-state index in [0.717, 1.165) is 16.9 Å². The third-order valence-electron chi connectivity index (χ3n) is 4.53. The SMILES string of the molecule is Cc1ccc(C)c(OCc2ccccc2C(O)(C(=O)O)C(C)(C)C)c1. The molecule has 2 aromatic rings. The molecule has 2 N–H and O–H groups in total. The van der Waals surface area contributed by atoms with Crippen LogP contribution in [0.5, 0.6) is 5.75 Å². The largest absolute Gasteiger partial charge is 0.489 e. The van der Waals surface area contributed by atoms with Crippen molar-refractivity contribution in [2.24, 2.45) is 5.41 Å². The van der Waals surface area contributed by atoms with Gasteiger partial charge >= 0.3 is 5.97 Å². The van der Waals surface area contributed by atoms with Crippen LogP contribution in [0.2, 0.25) is 0 Å². The van der Waals surface area contributed by atoms with Gasteiger partial charge in [-0.2, -0.15) is 0 Å². The van der Waals surface area contributed by atoms with Crippen LogP contribution in [0.4, 0.5) is 0 Å². The predicted molar refractivity (Wildman–Crippen MR) is 97.7 cm³/mol. The first-order valence-corrected chi connectivity index (χ1v) is 8.31. The van der Waals surface area contributed by atoms with Crippen LogP contribution >= 0.6 is 0 Å². The van der Waals surface area contributed by atoms with Crippen molar-refractivity contribution >= 4 is 5.97 Å². The maximum atomic E-state index is 11.9. The zero-order chi connectivity index (χ0) is 18.8. The average Bonchev–Trinajstić information content (AvgIpc) is 2.54. The van der Waals surface area contributed by atoms with Gasteiger partial charge in [0, 0.05) is 11.0 Å². The highest BCUT2D eigenvalue weighted by atomic mass is 16.5. The summed E-state index contributed by atoms with van der Waals surface area (Å²) in [6.07, 6.45) is 0. The Bertz CT molecular complexity index is 774. The molecule has 0 aromatic heterocycles. The maximum Gasteiger partial charge on any atom is 0.340 e. The number of hydrogen-bond acceptors (Lipinski definition) is 3. The molecule has 0 bridgehead atoms. The predicted octanol–water partition coefficient (Wildman–Crippen LogP) is 4.20. The number of carboxylic acid groups (broad SMARTS) is 1. The second kappa shape index (κ2) is 6.89. The summed E-state index contributed by atoms with van der Waals surface area (Å²) in [5.41, 5.74) is 0.226. The van der Waals surface area contributed by atoms with Crippen molar-refractivity contribution in [3.8, 4) is 5.75 Å². The normalized spacial score (nSPS) is 14.0. The van der Waals surface area contributed by atoms with Crippen molar-refractivity contribution < 1.29 is 19.7 Å². The van der Waals surface area contributed by atoms with Crippen LogP contribution in [0.25, 0.3) is 0 Å². The fourth-order valence-corrected chi connectivity index (χ4v) is 2.86. The molecule has 0 aliphatic carbocycles. The molecule has 0 saturated heterocycles. The number of hydrogen-bond donors (Lipinski definition) is 2. The fourth-order valence-electron chi connectivity index (χ4n) is 2.86. The maximum absolute atomic E-state index is 11.9. The number of aryl methyl sites for hydroxylation is 2. The Morgan fingerprint density at radius 3 is 2.32 bits per heavy atom. The standard InChI is InChI=1S/C21H26O4/c1-14-10-11-15(2)18(12-14)25-13-16-8-6-7-9-17(16)21(24,19(22)23)20(3,4)5/h6-12,24H,13H2,1-5H3,(H,22,23). The fraction of sp³-hybridized carbons (Fsp3) is 0.381. The van der Waals surface area contributed by atoms with Gasteiger partial charge in [0.05, 0.1) is 0 Å². The van der Waals surface area contributed by atoms with Crippen molar-refractivity contribution in [3.05, 3.63) is 64.7 Å². The molecule has 2 aromatic carbocycles. The number of carbonyl (C=O) groups is 1. The van der Waals surface area contributed by atoms with E-state index in [1.165, 1.54) is 0 Å². The summed E-state index contributed by atoms with van der Waals surface area (Å²) in [6, 6.07) is 12.9. The lowest BCUT2D eigenvalue weighted by atomic mass is 9.71. The number of rotatable bonds is 5.